The molecule has 3 aromatic rings. The standard InChI is InChI=1S/C32H34O6/c1-3-13-29(33)38-30-24(2)37-28(23-34-20-25-14-7-4-8-15-25)31(35-21-26-16-9-5-10-17-26)32(30)36-22-27-18-11-6-12-19-27/h3-12,14-19,28,30-32H,1-2,13,20-23H2/t28-,30+,31-,32-/m1/s1. The van der Waals surface area contributed by atoms with Crippen LogP contribution in [0, 0.1) is 0 Å². The predicted molar refractivity (Wildman–Crippen MR) is 145 cm³/mol. The molecule has 0 amide bonds. The van der Waals surface area contributed by atoms with Gasteiger partial charge >= 0.3 is 5.97 Å². The van der Waals surface area contributed by atoms with Crippen LogP contribution in [-0.4, -0.2) is 37.0 Å². The summed E-state index contributed by atoms with van der Waals surface area (Å²) in [5, 5.41) is 0. The fourth-order valence-electron chi connectivity index (χ4n) is 4.25. The van der Waals surface area contributed by atoms with Crippen LogP contribution in [0.25, 0.3) is 0 Å². The van der Waals surface area contributed by atoms with Crippen LogP contribution in [-0.2, 0) is 48.3 Å². The molecule has 4 atom stereocenters. The van der Waals surface area contributed by atoms with Crippen molar-refractivity contribution in [2.45, 2.75) is 50.7 Å². The minimum atomic E-state index is -0.850. The Morgan fingerprint density at radius 2 is 1.26 bits per heavy atom. The van der Waals surface area contributed by atoms with E-state index in [1.807, 2.05) is 91.0 Å². The van der Waals surface area contributed by atoms with E-state index in [4.69, 9.17) is 23.7 Å². The molecule has 0 aliphatic carbocycles. The van der Waals surface area contributed by atoms with E-state index in [9.17, 15) is 4.79 Å². The molecule has 0 unspecified atom stereocenters. The molecule has 0 saturated carbocycles. The summed E-state index contributed by atoms with van der Waals surface area (Å²) in [5.41, 5.74) is 3.04. The number of carbonyl (C=O) groups is 1. The Morgan fingerprint density at radius 3 is 1.79 bits per heavy atom. The molecule has 38 heavy (non-hydrogen) atoms. The van der Waals surface area contributed by atoms with Gasteiger partial charge in [0.05, 0.1) is 32.8 Å². The molecule has 1 fully saturated rings. The van der Waals surface area contributed by atoms with Gasteiger partial charge in [-0.05, 0) is 16.7 Å². The van der Waals surface area contributed by atoms with Gasteiger partial charge in [-0.3, -0.25) is 4.79 Å². The molecule has 0 spiro atoms. The zero-order chi connectivity index (χ0) is 26.6. The Balaban J connectivity index is 1.55. The number of rotatable bonds is 13. The van der Waals surface area contributed by atoms with Crippen LogP contribution in [0.5, 0.6) is 0 Å². The molecular formula is C32H34O6. The third kappa shape index (κ3) is 7.89. The lowest BCUT2D eigenvalue weighted by Gasteiger charge is -2.42. The first kappa shape index (κ1) is 27.3. The molecule has 1 aliphatic rings. The van der Waals surface area contributed by atoms with Crippen molar-refractivity contribution < 1.29 is 28.5 Å². The van der Waals surface area contributed by atoms with Crippen LogP contribution >= 0.6 is 0 Å². The molecule has 6 nitrogen and oxygen atoms in total. The molecule has 4 rings (SSSR count). The Hall–Kier alpha value is -3.71. The maximum absolute atomic E-state index is 12.5. The minimum absolute atomic E-state index is 0.0638. The topological polar surface area (TPSA) is 63.2 Å². The van der Waals surface area contributed by atoms with E-state index in [0.717, 1.165) is 16.7 Å². The third-order valence-electron chi connectivity index (χ3n) is 6.14. The summed E-state index contributed by atoms with van der Waals surface area (Å²) < 4.78 is 30.8. The zero-order valence-electron chi connectivity index (χ0n) is 21.4. The zero-order valence-corrected chi connectivity index (χ0v) is 21.4. The van der Waals surface area contributed by atoms with Crippen LogP contribution in [0.3, 0.4) is 0 Å². The minimum Gasteiger partial charge on any atom is -0.486 e. The highest BCUT2D eigenvalue weighted by atomic mass is 16.6. The highest BCUT2D eigenvalue weighted by Crippen LogP contribution is 2.31. The summed E-state index contributed by atoms with van der Waals surface area (Å²) in [6.45, 7) is 8.99. The quantitative estimate of drug-likeness (QED) is 0.213. The van der Waals surface area contributed by atoms with Crippen molar-refractivity contribution in [3.63, 3.8) is 0 Å². The van der Waals surface area contributed by atoms with Gasteiger partial charge in [0.1, 0.15) is 18.0 Å². The monoisotopic (exact) mass is 514 g/mol. The largest absolute Gasteiger partial charge is 0.486 e. The van der Waals surface area contributed by atoms with Crippen molar-refractivity contribution in [3.05, 3.63) is 133 Å². The Morgan fingerprint density at radius 1 is 0.763 bits per heavy atom. The SMILES string of the molecule is C=CCC(=O)O[C@H]1C(=C)O[C@H](COCc2ccccc2)[C@@H](OCc2ccccc2)[C@@H]1OCc1ccccc1. The van der Waals surface area contributed by atoms with E-state index in [2.05, 4.69) is 13.2 Å². The normalized spacial score (nSPS) is 20.9. The molecule has 6 heteroatoms. The van der Waals surface area contributed by atoms with Crippen molar-refractivity contribution in [1.82, 2.24) is 0 Å². The number of benzene rings is 3. The fraction of sp³-hybridized carbons (Fsp3) is 0.281. The van der Waals surface area contributed by atoms with E-state index in [0.29, 0.717) is 25.6 Å². The number of hydrogen-bond acceptors (Lipinski definition) is 6. The second-order valence-corrected chi connectivity index (χ2v) is 9.05. The lowest BCUT2D eigenvalue weighted by atomic mass is 9.97. The molecule has 0 N–H and O–H groups in total. The smallest absolute Gasteiger partial charge is 0.310 e. The second-order valence-electron chi connectivity index (χ2n) is 9.05. The van der Waals surface area contributed by atoms with Crippen molar-refractivity contribution in [1.29, 1.82) is 0 Å². The summed E-state index contributed by atoms with van der Waals surface area (Å²) in [7, 11) is 0. The summed E-state index contributed by atoms with van der Waals surface area (Å²) in [4.78, 5) is 12.5. The molecule has 1 heterocycles. The first-order valence-corrected chi connectivity index (χ1v) is 12.7. The van der Waals surface area contributed by atoms with Crippen molar-refractivity contribution in [2.75, 3.05) is 6.61 Å². The van der Waals surface area contributed by atoms with Crippen LogP contribution in [0.15, 0.2) is 116 Å². The van der Waals surface area contributed by atoms with Gasteiger partial charge in [0.2, 0.25) is 0 Å². The number of hydrogen-bond donors (Lipinski definition) is 0. The van der Waals surface area contributed by atoms with Crippen LogP contribution in [0.2, 0.25) is 0 Å². The first-order chi connectivity index (χ1) is 18.6. The Kier molecular flexibility index (Phi) is 10.3. The molecule has 198 valence electrons. The van der Waals surface area contributed by atoms with Gasteiger partial charge < -0.3 is 23.7 Å². The number of esters is 1. The molecular weight excluding hydrogens is 480 g/mol. The summed E-state index contributed by atoms with van der Waals surface area (Å²) >= 11 is 0. The van der Waals surface area contributed by atoms with Crippen LogP contribution in [0.1, 0.15) is 23.1 Å². The third-order valence-corrected chi connectivity index (χ3v) is 6.14. The van der Waals surface area contributed by atoms with E-state index >= 15 is 0 Å². The summed E-state index contributed by atoms with van der Waals surface area (Å²) in [5.74, 6) is -0.142. The molecule has 0 bridgehead atoms. The number of ether oxygens (including phenoxy) is 5. The average Bonchev–Trinajstić information content (AvgIpc) is 2.95. The van der Waals surface area contributed by atoms with Crippen LogP contribution < -0.4 is 0 Å². The molecule has 1 aliphatic heterocycles. The average molecular weight is 515 g/mol. The van der Waals surface area contributed by atoms with E-state index in [1.165, 1.54) is 6.08 Å². The Bertz CT molecular complexity index is 1150. The van der Waals surface area contributed by atoms with Crippen LogP contribution in [0.4, 0.5) is 0 Å². The van der Waals surface area contributed by atoms with E-state index < -0.39 is 30.4 Å². The van der Waals surface area contributed by atoms with Gasteiger partial charge in [0.15, 0.2) is 12.2 Å². The van der Waals surface area contributed by atoms with Gasteiger partial charge in [-0.25, -0.2) is 0 Å². The van der Waals surface area contributed by atoms with Gasteiger partial charge in [-0.1, -0.05) is 104 Å². The highest BCUT2D eigenvalue weighted by Gasteiger charge is 2.47. The Labute approximate surface area is 224 Å². The molecule has 3 aromatic carbocycles. The van der Waals surface area contributed by atoms with Gasteiger partial charge in [-0.15, -0.1) is 6.58 Å². The lowest BCUT2D eigenvalue weighted by Crippen LogP contribution is -2.56. The summed E-state index contributed by atoms with van der Waals surface area (Å²) in [6, 6.07) is 29.6. The van der Waals surface area contributed by atoms with E-state index in [1.54, 1.807) is 0 Å². The van der Waals surface area contributed by atoms with Crippen molar-refractivity contribution >= 4 is 5.97 Å². The van der Waals surface area contributed by atoms with Gasteiger partial charge in [0.25, 0.3) is 0 Å². The van der Waals surface area contributed by atoms with Crippen molar-refractivity contribution in [3.8, 4) is 0 Å². The van der Waals surface area contributed by atoms with Crippen molar-refractivity contribution in [2.24, 2.45) is 0 Å². The maximum Gasteiger partial charge on any atom is 0.310 e. The lowest BCUT2D eigenvalue weighted by molar-refractivity contribution is -0.220. The number of carbonyl (C=O) groups excluding carboxylic acids is 1. The fourth-order valence-corrected chi connectivity index (χ4v) is 4.25. The molecule has 0 aromatic heterocycles. The molecule has 1 saturated heterocycles. The summed E-state index contributed by atoms with van der Waals surface area (Å²) in [6.07, 6.45) is -1.07. The second kappa shape index (κ2) is 14.3. The maximum atomic E-state index is 12.5. The van der Waals surface area contributed by atoms with Gasteiger partial charge in [-0.2, -0.15) is 0 Å². The molecule has 0 radical (unpaired) electrons. The predicted octanol–water partition coefficient (Wildman–Crippen LogP) is 5.77. The van der Waals surface area contributed by atoms with Gasteiger partial charge in [0, 0.05) is 0 Å². The first-order valence-electron chi connectivity index (χ1n) is 12.7. The van der Waals surface area contributed by atoms with E-state index in [-0.39, 0.29) is 13.0 Å². The highest BCUT2D eigenvalue weighted by molar-refractivity contribution is 5.71.